The molecule has 0 bridgehead atoms. The van der Waals surface area contributed by atoms with Crippen molar-refractivity contribution in [2.24, 2.45) is 0 Å². The van der Waals surface area contributed by atoms with Crippen LogP contribution in [0.15, 0.2) is 48.5 Å². The van der Waals surface area contributed by atoms with Gasteiger partial charge < -0.3 is 29.7 Å². The van der Waals surface area contributed by atoms with Crippen LogP contribution in [0.25, 0.3) is 0 Å². The Morgan fingerprint density at radius 3 is 1.58 bits per heavy atom. The van der Waals surface area contributed by atoms with Gasteiger partial charge in [-0.15, -0.1) is 0 Å². The normalized spacial score (nSPS) is 9.58. The maximum absolute atomic E-state index is 5.24. The van der Waals surface area contributed by atoms with Gasteiger partial charge in [0.1, 0.15) is 0 Å². The molecule has 2 aromatic carbocycles. The number of anilines is 2. The molecule has 1 nitrogen and oxygen atoms in total. The SMILES string of the molecule is Cc1ccccc1N(C(=S)[S-])c1ccccc1C.[K+]. The molecule has 0 radical (unpaired) electrons. The van der Waals surface area contributed by atoms with Crippen molar-refractivity contribution < 1.29 is 51.4 Å². The van der Waals surface area contributed by atoms with E-state index in [0.29, 0.717) is 4.32 Å². The van der Waals surface area contributed by atoms with E-state index in [0.717, 1.165) is 22.5 Å². The predicted octanol–water partition coefficient (Wildman–Crippen LogP) is 1.28. The smallest absolute Gasteiger partial charge is 0.411 e. The zero-order chi connectivity index (χ0) is 13.1. The van der Waals surface area contributed by atoms with E-state index in [1.807, 2.05) is 41.3 Å². The van der Waals surface area contributed by atoms with Crippen LogP contribution in [0.1, 0.15) is 11.1 Å². The van der Waals surface area contributed by atoms with Crippen LogP contribution in [0.5, 0.6) is 0 Å². The van der Waals surface area contributed by atoms with Crippen LogP contribution in [0.4, 0.5) is 11.4 Å². The molecule has 0 aliphatic rings. The number of benzene rings is 2. The zero-order valence-electron chi connectivity index (χ0n) is 11.4. The van der Waals surface area contributed by atoms with Gasteiger partial charge in [-0.2, -0.15) is 0 Å². The van der Waals surface area contributed by atoms with Gasteiger partial charge in [0.2, 0.25) is 0 Å². The van der Waals surface area contributed by atoms with Gasteiger partial charge >= 0.3 is 51.4 Å². The molecule has 0 aliphatic carbocycles. The summed E-state index contributed by atoms with van der Waals surface area (Å²) in [4.78, 5) is 1.95. The minimum Gasteiger partial charge on any atom is -0.411 e. The van der Waals surface area contributed by atoms with E-state index >= 15 is 0 Å². The Kier molecular flexibility index (Phi) is 7.11. The van der Waals surface area contributed by atoms with Gasteiger partial charge in [0, 0.05) is 11.4 Å². The summed E-state index contributed by atoms with van der Waals surface area (Å²) < 4.78 is 0.443. The number of rotatable bonds is 2. The summed E-state index contributed by atoms with van der Waals surface area (Å²) in [6.07, 6.45) is 0. The molecule has 4 heteroatoms. The summed E-state index contributed by atoms with van der Waals surface area (Å²) in [5.41, 5.74) is 4.42. The van der Waals surface area contributed by atoms with Crippen LogP contribution in [0, 0.1) is 13.8 Å². The molecule has 0 atom stereocenters. The second-order valence-electron chi connectivity index (χ2n) is 4.17. The number of para-hydroxylation sites is 2. The first-order chi connectivity index (χ1) is 8.61. The second-order valence-corrected chi connectivity index (χ2v) is 5.21. The maximum Gasteiger partial charge on any atom is 1.00 e. The van der Waals surface area contributed by atoms with E-state index in [9.17, 15) is 0 Å². The molecule has 19 heavy (non-hydrogen) atoms. The van der Waals surface area contributed by atoms with Crippen molar-refractivity contribution in [2.45, 2.75) is 13.8 Å². The summed E-state index contributed by atoms with van der Waals surface area (Å²) in [5.74, 6) is 0. The van der Waals surface area contributed by atoms with Crippen LogP contribution >= 0.6 is 12.2 Å². The quantitative estimate of drug-likeness (QED) is 0.467. The fraction of sp³-hybridized carbons (Fsp3) is 0.133. The van der Waals surface area contributed by atoms with Crippen LogP contribution in [-0.4, -0.2) is 4.32 Å². The van der Waals surface area contributed by atoms with Gasteiger partial charge in [-0.05, 0) is 37.1 Å². The van der Waals surface area contributed by atoms with E-state index in [1.165, 1.54) is 0 Å². The molecule has 0 saturated heterocycles. The molecule has 0 heterocycles. The molecular formula is C15H14KNS2. The molecule has 2 aromatic rings. The fourth-order valence-electron chi connectivity index (χ4n) is 1.96. The number of hydrogen-bond donors (Lipinski definition) is 0. The monoisotopic (exact) mass is 311 g/mol. The van der Waals surface area contributed by atoms with Crippen LogP contribution in [0.3, 0.4) is 0 Å². The van der Waals surface area contributed by atoms with E-state index in [2.05, 4.69) is 26.0 Å². The first kappa shape index (κ1) is 17.2. The van der Waals surface area contributed by atoms with Crippen molar-refractivity contribution in [2.75, 3.05) is 4.90 Å². The van der Waals surface area contributed by atoms with E-state index in [4.69, 9.17) is 24.8 Å². The number of aryl methyl sites for hydroxylation is 2. The molecule has 0 unspecified atom stereocenters. The van der Waals surface area contributed by atoms with Crippen molar-refractivity contribution in [3.8, 4) is 0 Å². The number of hydrogen-bond acceptors (Lipinski definition) is 2. The van der Waals surface area contributed by atoms with Crippen LogP contribution in [0.2, 0.25) is 0 Å². The number of thiocarbonyl (C=S) groups is 1. The van der Waals surface area contributed by atoms with Gasteiger partial charge in [-0.1, -0.05) is 40.7 Å². The Labute approximate surface area is 168 Å². The molecule has 0 spiro atoms. The van der Waals surface area contributed by atoms with Crippen molar-refractivity contribution in [1.82, 2.24) is 0 Å². The first-order valence-electron chi connectivity index (χ1n) is 5.73. The number of nitrogens with zero attached hydrogens (tertiary/aromatic N) is 1. The third-order valence-electron chi connectivity index (χ3n) is 2.90. The minimum atomic E-state index is 0. The molecule has 0 amide bonds. The van der Waals surface area contributed by atoms with E-state index < -0.39 is 0 Å². The van der Waals surface area contributed by atoms with Crippen molar-refractivity contribution >= 4 is 40.5 Å². The minimum absolute atomic E-state index is 0. The van der Waals surface area contributed by atoms with Gasteiger partial charge in [0.25, 0.3) is 0 Å². The Bertz CT molecular complexity index is 538. The summed E-state index contributed by atoms with van der Waals surface area (Å²) in [6.45, 7) is 4.13. The van der Waals surface area contributed by atoms with Gasteiger partial charge in [-0.3, -0.25) is 0 Å². The summed E-state index contributed by atoms with van der Waals surface area (Å²) >= 11 is 10.5. The van der Waals surface area contributed by atoms with E-state index in [-0.39, 0.29) is 51.4 Å². The van der Waals surface area contributed by atoms with Gasteiger partial charge in [0.15, 0.2) is 0 Å². The molecule has 0 N–H and O–H groups in total. The zero-order valence-corrected chi connectivity index (χ0v) is 16.1. The largest absolute Gasteiger partial charge is 1.00 e. The average molecular weight is 312 g/mol. The molecular weight excluding hydrogens is 297 g/mol. The third-order valence-corrected chi connectivity index (χ3v) is 3.26. The van der Waals surface area contributed by atoms with Crippen LogP contribution in [-0.2, 0) is 12.6 Å². The first-order valence-corrected chi connectivity index (χ1v) is 6.55. The van der Waals surface area contributed by atoms with Crippen molar-refractivity contribution in [1.29, 1.82) is 0 Å². The summed E-state index contributed by atoms with van der Waals surface area (Å²) in [5, 5.41) is 0. The van der Waals surface area contributed by atoms with Crippen LogP contribution < -0.4 is 56.3 Å². The predicted molar refractivity (Wildman–Crippen MR) is 84.5 cm³/mol. The standard InChI is InChI=1S/C15H15NS2.K/c1-11-7-3-5-9-13(11)16(15(17)18)14-10-6-4-8-12(14)2;/h3-10H,1-2H3,(H,17,18);/q;+1/p-1. The van der Waals surface area contributed by atoms with Crippen molar-refractivity contribution in [3.63, 3.8) is 0 Å². The topological polar surface area (TPSA) is 3.24 Å². The maximum atomic E-state index is 5.24. The van der Waals surface area contributed by atoms with Crippen molar-refractivity contribution in [3.05, 3.63) is 59.7 Å². The Hall–Kier alpha value is 0.186. The molecule has 92 valence electrons. The van der Waals surface area contributed by atoms with E-state index in [1.54, 1.807) is 0 Å². The summed E-state index contributed by atoms with van der Waals surface area (Å²) in [6, 6.07) is 16.2. The fourth-order valence-corrected chi connectivity index (χ4v) is 2.35. The molecule has 0 aromatic heterocycles. The third kappa shape index (κ3) is 4.08. The molecule has 0 saturated carbocycles. The Balaban J connectivity index is 0.00000180. The molecule has 2 rings (SSSR count). The average Bonchev–Trinajstić information content (AvgIpc) is 2.34. The summed E-state index contributed by atoms with van der Waals surface area (Å²) in [7, 11) is 0. The Morgan fingerprint density at radius 2 is 1.26 bits per heavy atom. The Morgan fingerprint density at radius 1 is 0.895 bits per heavy atom. The van der Waals surface area contributed by atoms with Gasteiger partial charge in [-0.25, -0.2) is 0 Å². The second kappa shape index (κ2) is 7.83. The molecule has 0 fully saturated rings. The molecule has 0 aliphatic heterocycles. The van der Waals surface area contributed by atoms with Gasteiger partial charge in [0.05, 0.1) is 0 Å².